The van der Waals surface area contributed by atoms with Gasteiger partial charge in [0, 0.05) is 16.6 Å². The van der Waals surface area contributed by atoms with Gasteiger partial charge in [0.1, 0.15) is 0 Å². The van der Waals surface area contributed by atoms with E-state index in [1.165, 1.54) is 10.5 Å². The van der Waals surface area contributed by atoms with E-state index in [1.807, 2.05) is 30.8 Å². The molecule has 0 saturated carbocycles. The number of benzene rings is 1. The Labute approximate surface area is 113 Å². The molecule has 0 fully saturated rings. The molecule has 0 spiro atoms. The monoisotopic (exact) mass is 264 g/mol. The number of nitrogens with one attached hydrogen (secondary N) is 1. The molecule has 3 nitrogen and oxygen atoms in total. The second-order valence-corrected chi connectivity index (χ2v) is 5.85. The fourth-order valence-electron chi connectivity index (χ4n) is 2.19. The normalized spacial score (nSPS) is 20.0. The fourth-order valence-corrected chi connectivity index (χ4v) is 3.31. The minimum absolute atomic E-state index is 0.00302. The SMILES string of the molecule is CC(CCN)C(=O)NC1CCSc2ccccc21. The van der Waals surface area contributed by atoms with Crippen LogP contribution in [0.2, 0.25) is 0 Å². The van der Waals surface area contributed by atoms with Gasteiger partial charge >= 0.3 is 0 Å². The summed E-state index contributed by atoms with van der Waals surface area (Å²) in [7, 11) is 0. The Bertz CT molecular complexity index is 422. The van der Waals surface area contributed by atoms with Crippen LogP contribution >= 0.6 is 11.8 Å². The Kier molecular flexibility index (Phi) is 4.66. The molecule has 1 heterocycles. The maximum atomic E-state index is 12.0. The number of carbonyl (C=O) groups is 1. The molecule has 18 heavy (non-hydrogen) atoms. The van der Waals surface area contributed by atoms with Gasteiger partial charge in [-0.15, -0.1) is 11.8 Å². The van der Waals surface area contributed by atoms with Crippen LogP contribution in [0.3, 0.4) is 0 Å². The molecule has 1 aromatic carbocycles. The molecule has 3 N–H and O–H groups in total. The molecule has 0 aliphatic carbocycles. The molecule has 0 aromatic heterocycles. The molecule has 98 valence electrons. The molecule has 1 amide bonds. The summed E-state index contributed by atoms with van der Waals surface area (Å²) in [6, 6.07) is 8.48. The minimum Gasteiger partial charge on any atom is -0.349 e. The van der Waals surface area contributed by atoms with Crippen LogP contribution in [0.1, 0.15) is 31.4 Å². The lowest BCUT2D eigenvalue weighted by Crippen LogP contribution is -2.35. The average molecular weight is 264 g/mol. The largest absolute Gasteiger partial charge is 0.349 e. The number of fused-ring (bicyclic) bond motifs is 1. The minimum atomic E-state index is -0.00302. The summed E-state index contributed by atoms with van der Waals surface area (Å²) < 4.78 is 0. The topological polar surface area (TPSA) is 55.1 Å². The van der Waals surface area contributed by atoms with E-state index in [0.717, 1.165) is 18.6 Å². The highest BCUT2D eigenvalue weighted by molar-refractivity contribution is 7.99. The first-order valence-electron chi connectivity index (χ1n) is 6.44. The first kappa shape index (κ1) is 13.4. The van der Waals surface area contributed by atoms with Crippen molar-refractivity contribution in [2.24, 2.45) is 11.7 Å². The van der Waals surface area contributed by atoms with Crippen molar-refractivity contribution in [1.82, 2.24) is 5.32 Å². The van der Waals surface area contributed by atoms with E-state index in [-0.39, 0.29) is 17.9 Å². The van der Waals surface area contributed by atoms with Crippen LogP contribution in [0.5, 0.6) is 0 Å². The van der Waals surface area contributed by atoms with Crippen molar-refractivity contribution >= 4 is 17.7 Å². The maximum Gasteiger partial charge on any atom is 0.223 e. The Morgan fingerprint density at radius 2 is 2.33 bits per heavy atom. The molecule has 2 atom stereocenters. The summed E-state index contributed by atoms with van der Waals surface area (Å²) in [5.41, 5.74) is 6.75. The lowest BCUT2D eigenvalue weighted by Gasteiger charge is -2.27. The van der Waals surface area contributed by atoms with Gasteiger partial charge in [-0.2, -0.15) is 0 Å². The van der Waals surface area contributed by atoms with Crippen LogP contribution in [0.15, 0.2) is 29.2 Å². The number of carbonyl (C=O) groups excluding carboxylic acids is 1. The van der Waals surface area contributed by atoms with E-state index in [4.69, 9.17) is 5.73 Å². The zero-order valence-corrected chi connectivity index (χ0v) is 11.5. The van der Waals surface area contributed by atoms with Crippen molar-refractivity contribution in [3.05, 3.63) is 29.8 Å². The summed E-state index contributed by atoms with van der Waals surface area (Å²) in [5.74, 6) is 1.18. The van der Waals surface area contributed by atoms with E-state index in [2.05, 4.69) is 17.4 Å². The third-order valence-corrected chi connectivity index (χ3v) is 4.44. The third-order valence-electron chi connectivity index (χ3n) is 3.32. The third kappa shape index (κ3) is 3.06. The van der Waals surface area contributed by atoms with Gasteiger partial charge in [-0.05, 0) is 31.0 Å². The van der Waals surface area contributed by atoms with E-state index in [1.54, 1.807) is 0 Å². The van der Waals surface area contributed by atoms with Gasteiger partial charge in [-0.25, -0.2) is 0 Å². The van der Waals surface area contributed by atoms with Gasteiger partial charge in [-0.3, -0.25) is 4.79 Å². The number of rotatable bonds is 4. The van der Waals surface area contributed by atoms with Crippen molar-refractivity contribution < 1.29 is 4.79 Å². The molecule has 0 bridgehead atoms. The molecule has 1 aliphatic rings. The first-order chi connectivity index (χ1) is 8.72. The number of hydrogen-bond donors (Lipinski definition) is 2. The highest BCUT2D eigenvalue weighted by Gasteiger charge is 2.23. The lowest BCUT2D eigenvalue weighted by molar-refractivity contribution is -0.125. The second-order valence-electron chi connectivity index (χ2n) is 4.71. The van der Waals surface area contributed by atoms with Crippen molar-refractivity contribution in [2.45, 2.75) is 30.7 Å². The van der Waals surface area contributed by atoms with Crippen LogP contribution in [0.4, 0.5) is 0 Å². The molecule has 0 saturated heterocycles. The lowest BCUT2D eigenvalue weighted by atomic mass is 10.0. The first-order valence-corrected chi connectivity index (χ1v) is 7.43. The molecule has 2 unspecified atom stereocenters. The number of amides is 1. The summed E-state index contributed by atoms with van der Waals surface area (Å²) in [4.78, 5) is 13.3. The molecular formula is C14H20N2OS. The van der Waals surface area contributed by atoms with E-state index in [0.29, 0.717) is 6.54 Å². The van der Waals surface area contributed by atoms with E-state index in [9.17, 15) is 4.79 Å². The van der Waals surface area contributed by atoms with Gasteiger partial charge in [0.15, 0.2) is 0 Å². The quantitative estimate of drug-likeness (QED) is 0.877. The molecule has 2 rings (SSSR count). The van der Waals surface area contributed by atoms with Crippen LogP contribution in [-0.2, 0) is 4.79 Å². The van der Waals surface area contributed by atoms with Crippen molar-refractivity contribution in [3.8, 4) is 0 Å². The highest BCUT2D eigenvalue weighted by Crippen LogP contribution is 2.35. The predicted octanol–water partition coefficient (Wildman–Crippen LogP) is 2.32. The zero-order valence-electron chi connectivity index (χ0n) is 10.7. The Morgan fingerprint density at radius 3 is 3.11 bits per heavy atom. The summed E-state index contributed by atoms with van der Waals surface area (Å²) in [5, 5.41) is 3.15. The highest BCUT2D eigenvalue weighted by atomic mass is 32.2. The standard InChI is InChI=1S/C14H20N2OS/c1-10(6-8-15)14(17)16-12-7-9-18-13-5-3-2-4-11(12)13/h2-5,10,12H,6-9,15H2,1H3,(H,16,17). The summed E-state index contributed by atoms with van der Waals surface area (Å²) >= 11 is 1.87. The Morgan fingerprint density at radius 1 is 1.56 bits per heavy atom. The van der Waals surface area contributed by atoms with Crippen LogP contribution in [-0.4, -0.2) is 18.2 Å². The smallest absolute Gasteiger partial charge is 0.223 e. The van der Waals surface area contributed by atoms with E-state index < -0.39 is 0 Å². The molecule has 1 aliphatic heterocycles. The maximum absolute atomic E-state index is 12.0. The molecule has 0 radical (unpaired) electrons. The molecule has 4 heteroatoms. The number of thioether (sulfide) groups is 1. The van der Waals surface area contributed by atoms with Gasteiger partial charge in [0.25, 0.3) is 0 Å². The number of nitrogens with two attached hydrogens (primary N) is 1. The second kappa shape index (κ2) is 6.25. The van der Waals surface area contributed by atoms with Crippen molar-refractivity contribution in [1.29, 1.82) is 0 Å². The van der Waals surface area contributed by atoms with Gasteiger partial charge in [-0.1, -0.05) is 25.1 Å². The predicted molar refractivity (Wildman–Crippen MR) is 75.5 cm³/mol. The summed E-state index contributed by atoms with van der Waals surface area (Å²) in [6.45, 7) is 2.50. The van der Waals surface area contributed by atoms with Gasteiger partial charge in [0.05, 0.1) is 6.04 Å². The Balaban J connectivity index is 2.05. The summed E-state index contributed by atoms with van der Waals surface area (Å²) in [6.07, 6.45) is 1.75. The number of hydrogen-bond acceptors (Lipinski definition) is 3. The van der Waals surface area contributed by atoms with Crippen LogP contribution in [0.25, 0.3) is 0 Å². The molecular weight excluding hydrogens is 244 g/mol. The molecule has 1 aromatic rings. The van der Waals surface area contributed by atoms with Crippen molar-refractivity contribution in [3.63, 3.8) is 0 Å². The average Bonchev–Trinajstić information content (AvgIpc) is 2.39. The van der Waals surface area contributed by atoms with E-state index >= 15 is 0 Å². The Hall–Kier alpha value is -1.00. The van der Waals surface area contributed by atoms with Gasteiger partial charge < -0.3 is 11.1 Å². The van der Waals surface area contributed by atoms with Gasteiger partial charge in [0.2, 0.25) is 5.91 Å². The van der Waals surface area contributed by atoms with Crippen molar-refractivity contribution in [2.75, 3.05) is 12.3 Å². The van der Waals surface area contributed by atoms with Crippen LogP contribution < -0.4 is 11.1 Å². The van der Waals surface area contributed by atoms with Crippen LogP contribution in [0, 0.1) is 5.92 Å². The fraction of sp³-hybridized carbons (Fsp3) is 0.500. The zero-order chi connectivity index (χ0) is 13.0.